The zero-order chi connectivity index (χ0) is 14.4. The van der Waals surface area contributed by atoms with E-state index in [0.29, 0.717) is 18.1 Å². The first-order valence-corrected chi connectivity index (χ1v) is 7.37. The summed E-state index contributed by atoms with van der Waals surface area (Å²) < 4.78 is 5.90. The van der Waals surface area contributed by atoms with E-state index >= 15 is 0 Å². The van der Waals surface area contributed by atoms with Crippen molar-refractivity contribution in [2.75, 3.05) is 6.61 Å². The van der Waals surface area contributed by atoms with Gasteiger partial charge in [0.25, 0.3) is 5.91 Å². The number of hydrogen-bond donors (Lipinski definition) is 2. The molecule has 20 heavy (non-hydrogen) atoms. The van der Waals surface area contributed by atoms with Crippen LogP contribution in [-0.4, -0.2) is 29.8 Å². The average molecular weight is 277 g/mol. The minimum Gasteiger partial charge on any atom is -0.490 e. The summed E-state index contributed by atoms with van der Waals surface area (Å²) >= 11 is 0. The summed E-state index contributed by atoms with van der Waals surface area (Å²) in [5, 5.41) is 11.7. The molecule has 0 saturated heterocycles. The summed E-state index contributed by atoms with van der Waals surface area (Å²) in [6.07, 6.45) is 5.51. The Kier molecular flexibility index (Phi) is 5.41. The van der Waals surface area contributed by atoms with Crippen LogP contribution in [0, 0.1) is 0 Å². The maximum atomic E-state index is 12.1. The number of rotatable bonds is 6. The highest BCUT2D eigenvalue weighted by Crippen LogP contribution is 2.24. The third-order valence-corrected chi connectivity index (χ3v) is 3.64. The second-order valence-electron chi connectivity index (χ2n) is 5.44. The zero-order valence-corrected chi connectivity index (χ0v) is 12.0. The lowest BCUT2D eigenvalue weighted by molar-refractivity contribution is 0.0933. The van der Waals surface area contributed by atoms with Crippen LogP contribution in [0.25, 0.3) is 0 Å². The van der Waals surface area contributed by atoms with Crippen molar-refractivity contribution < 1.29 is 14.6 Å². The van der Waals surface area contributed by atoms with Gasteiger partial charge in [-0.2, -0.15) is 0 Å². The molecule has 1 aliphatic rings. The van der Waals surface area contributed by atoms with Crippen LogP contribution in [0.5, 0.6) is 5.75 Å². The van der Waals surface area contributed by atoms with E-state index in [1.807, 2.05) is 19.1 Å². The standard InChI is InChI=1S/C16H23NO3/c1-12(9-10-18)17-16(19)13-5-4-8-15(11-13)20-14-6-2-3-7-14/h4-5,8,11-12,14,18H,2-3,6-7,9-10H2,1H3,(H,17,19)/t12-/m1/s1. The second kappa shape index (κ2) is 7.29. The SMILES string of the molecule is C[C@H](CCO)NC(=O)c1cccc(OC2CCCC2)c1. The number of ether oxygens (including phenoxy) is 1. The quantitative estimate of drug-likeness (QED) is 0.840. The van der Waals surface area contributed by atoms with Crippen molar-refractivity contribution >= 4 is 5.91 Å². The molecule has 1 aromatic carbocycles. The molecule has 2 rings (SSSR count). The monoisotopic (exact) mass is 277 g/mol. The molecule has 4 nitrogen and oxygen atoms in total. The van der Waals surface area contributed by atoms with E-state index in [1.54, 1.807) is 12.1 Å². The number of carbonyl (C=O) groups excluding carboxylic acids is 1. The molecule has 2 N–H and O–H groups in total. The van der Waals surface area contributed by atoms with Gasteiger partial charge in [-0.1, -0.05) is 6.07 Å². The Morgan fingerprint density at radius 1 is 1.45 bits per heavy atom. The van der Waals surface area contributed by atoms with Gasteiger partial charge in [-0.25, -0.2) is 0 Å². The fourth-order valence-corrected chi connectivity index (χ4v) is 2.48. The minimum atomic E-state index is -0.122. The Hall–Kier alpha value is -1.55. The van der Waals surface area contributed by atoms with E-state index < -0.39 is 0 Å². The van der Waals surface area contributed by atoms with E-state index in [9.17, 15) is 4.79 Å². The summed E-state index contributed by atoms with van der Waals surface area (Å²) in [5.41, 5.74) is 0.602. The Morgan fingerprint density at radius 2 is 2.20 bits per heavy atom. The summed E-state index contributed by atoms with van der Waals surface area (Å²) in [6.45, 7) is 1.96. The molecule has 1 fully saturated rings. The Bertz CT molecular complexity index is 441. The van der Waals surface area contributed by atoms with Crippen molar-refractivity contribution in [2.24, 2.45) is 0 Å². The summed E-state index contributed by atoms with van der Waals surface area (Å²) in [4.78, 5) is 12.1. The maximum Gasteiger partial charge on any atom is 0.251 e. The molecule has 110 valence electrons. The van der Waals surface area contributed by atoms with Crippen molar-refractivity contribution in [3.63, 3.8) is 0 Å². The molecule has 0 radical (unpaired) electrons. The fourth-order valence-electron chi connectivity index (χ4n) is 2.48. The highest BCUT2D eigenvalue weighted by molar-refractivity contribution is 5.94. The molecule has 1 atom stereocenters. The lowest BCUT2D eigenvalue weighted by atomic mass is 10.1. The summed E-state index contributed by atoms with van der Waals surface area (Å²) in [7, 11) is 0. The molecule has 1 amide bonds. The lowest BCUT2D eigenvalue weighted by Crippen LogP contribution is -2.33. The fraction of sp³-hybridized carbons (Fsp3) is 0.562. The molecule has 1 aromatic rings. The number of benzene rings is 1. The van der Waals surface area contributed by atoms with Crippen molar-refractivity contribution in [1.82, 2.24) is 5.32 Å². The van der Waals surface area contributed by atoms with Crippen LogP contribution in [0.4, 0.5) is 0 Å². The Labute approximate surface area is 120 Å². The summed E-state index contributed by atoms with van der Waals surface area (Å²) in [6, 6.07) is 7.27. The van der Waals surface area contributed by atoms with Crippen LogP contribution in [0.3, 0.4) is 0 Å². The van der Waals surface area contributed by atoms with Gasteiger partial charge in [0.05, 0.1) is 6.10 Å². The number of aliphatic hydroxyl groups is 1. The van der Waals surface area contributed by atoms with Gasteiger partial charge in [-0.3, -0.25) is 4.79 Å². The first-order chi connectivity index (χ1) is 9.69. The Morgan fingerprint density at radius 3 is 2.90 bits per heavy atom. The molecule has 1 aliphatic carbocycles. The number of aliphatic hydroxyl groups excluding tert-OH is 1. The predicted molar refractivity (Wildman–Crippen MR) is 78.0 cm³/mol. The smallest absolute Gasteiger partial charge is 0.251 e. The first-order valence-electron chi connectivity index (χ1n) is 7.37. The molecule has 0 aromatic heterocycles. The molecule has 4 heteroatoms. The van der Waals surface area contributed by atoms with Crippen LogP contribution in [-0.2, 0) is 0 Å². The van der Waals surface area contributed by atoms with Crippen LogP contribution in [0.1, 0.15) is 49.4 Å². The van der Waals surface area contributed by atoms with Gasteiger partial charge >= 0.3 is 0 Å². The maximum absolute atomic E-state index is 12.1. The van der Waals surface area contributed by atoms with Gasteiger partial charge in [0.2, 0.25) is 0 Å². The van der Waals surface area contributed by atoms with Crippen molar-refractivity contribution in [3.05, 3.63) is 29.8 Å². The van der Waals surface area contributed by atoms with Crippen molar-refractivity contribution in [3.8, 4) is 5.75 Å². The molecule has 0 aliphatic heterocycles. The molecular formula is C16H23NO3. The number of amides is 1. The molecular weight excluding hydrogens is 254 g/mol. The highest BCUT2D eigenvalue weighted by atomic mass is 16.5. The first kappa shape index (κ1) is 14.9. The van der Waals surface area contributed by atoms with Gasteiger partial charge in [-0.15, -0.1) is 0 Å². The third-order valence-electron chi connectivity index (χ3n) is 3.64. The molecule has 0 unspecified atom stereocenters. The number of nitrogens with one attached hydrogen (secondary N) is 1. The predicted octanol–water partition coefficient (Wildman–Crippen LogP) is 2.51. The van der Waals surface area contributed by atoms with Crippen molar-refractivity contribution in [2.45, 2.75) is 51.2 Å². The summed E-state index contributed by atoms with van der Waals surface area (Å²) in [5.74, 6) is 0.641. The molecule has 0 spiro atoms. The van der Waals surface area contributed by atoms with E-state index in [4.69, 9.17) is 9.84 Å². The van der Waals surface area contributed by atoms with Crippen LogP contribution in [0.15, 0.2) is 24.3 Å². The highest BCUT2D eigenvalue weighted by Gasteiger charge is 2.17. The zero-order valence-electron chi connectivity index (χ0n) is 12.0. The largest absolute Gasteiger partial charge is 0.490 e. The Balaban J connectivity index is 1.95. The minimum absolute atomic E-state index is 0.0353. The number of hydrogen-bond acceptors (Lipinski definition) is 3. The molecule has 1 saturated carbocycles. The van der Waals surface area contributed by atoms with Gasteiger partial charge in [0.15, 0.2) is 0 Å². The van der Waals surface area contributed by atoms with Gasteiger partial charge in [0, 0.05) is 18.2 Å². The van der Waals surface area contributed by atoms with E-state index in [0.717, 1.165) is 18.6 Å². The number of carbonyl (C=O) groups is 1. The van der Waals surface area contributed by atoms with E-state index in [2.05, 4.69) is 5.32 Å². The normalized spacial score (nSPS) is 16.9. The topological polar surface area (TPSA) is 58.6 Å². The van der Waals surface area contributed by atoms with Gasteiger partial charge in [-0.05, 0) is 57.2 Å². The van der Waals surface area contributed by atoms with Crippen molar-refractivity contribution in [1.29, 1.82) is 0 Å². The molecule has 0 bridgehead atoms. The van der Waals surface area contributed by atoms with Gasteiger partial charge < -0.3 is 15.2 Å². The second-order valence-corrected chi connectivity index (χ2v) is 5.44. The van der Waals surface area contributed by atoms with E-state index in [-0.39, 0.29) is 18.6 Å². The van der Waals surface area contributed by atoms with Gasteiger partial charge in [0.1, 0.15) is 5.75 Å². The lowest BCUT2D eigenvalue weighted by Gasteiger charge is -2.15. The van der Waals surface area contributed by atoms with E-state index in [1.165, 1.54) is 12.8 Å². The van der Waals surface area contributed by atoms with Crippen LogP contribution < -0.4 is 10.1 Å². The third kappa shape index (κ3) is 4.23. The van der Waals surface area contributed by atoms with Crippen LogP contribution in [0.2, 0.25) is 0 Å². The van der Waals surface area contributed by atoms with Crippen LogP contribution >= 0.6 is 0 Å². The molecule has 0 heterocycles. The average Bonchev–Trinajstić information content (AvgIpc) is 2.92.